The zero-order valence-electron chi connectivity index (χ0n) is 13.0. The molecule has 0 saturated carbocycles. The highest BCUT2D eigenvalue weighted by molar-refractivity contribution is 4.76. The van der Waals surface area contributed by atoms with Crippen molar-refractivity contribution in [2.75, 3.05) is 19.6 Å². The van der Waals surface area contributed by atoms with E-state index in [0.29, 0.717) is 12.1 Å². The first-order chi connectivity index (χ1) is 8.67. The highest BCUT2D eigenvalue weighted by Crippen LogP contribution is 2.22. The molecule has 3 unspecified atom stereocenters. The summed E-state index contributed by atoms with van der Waals surface area (Å²) in [5.41, 5.74) is 0. The molecule has 18 heavy (non-hydrogen) atoms. The lowest BCUT2D eigenvalue weighted by Gasteiger charge is -2.29. The second-order valence-corrected chi connectivity index (χ2v) is 6.19. The van der Waals surface area contributed by atoms with E-state index in [1.807, 2.05) is 0 Å². The van der Waals surface area contributed by atoms with Crippen LogP contribution in [0.1, 0.15) is 66.2 Å². The van der Waals surface area contributed by atoms with Crippen molar-refractivity contribution in [2.45, 2.75) is 78.3 Å². The normalized spacial score (nSPS) is 25.7. The van der Waals surface area contributed by atoms with Gasteiger partial charge in [0.1, 0.15) is 0 Å². The molecule has 0 spiro atoms. The van der Waals surface area contributed by atoms with Crippen molar-refractivity contribution < 1.29 is 0 Å². The maximum absolute atomic E-state index is 3.64. The lowest BCUT2D eigenvalue weighted by Crippen LogP contribution is -2.43. The molecule has 1 fully saturated rings. The quantitative estimate of drug-likeness (QED) is 0.746. The molecule has 1 aliphatic heterocycles. The second kappa shape index (κ2) is 8.92. The molecule has 0 aromatic rings. The van der Waals surface area contributed by atoms with Gasteiger partial charge in [0.15, 0.2) is 0 Å². The lowest BCUT2D eigenvalue weighted by atomic mass is 9.96. The molecule has 0 radical (unpaired) electrons. The number of nitrogens with zero attached hydrogens (tertiary/aromatic N) is 1. The van der Waals surface area contributed by atoms with Crippen LogP contribution >= 0.6 is 0 Å². The van der Waals surface area contributed by atoms with Crippen LogP contribution in [0.4, 0.5) is 0 Å². The standard InChI is InChI=1S/C16H34N2/c1-5-8-16-9-7-11-18(12-10-16)15(4)13-17-14(3)6-2/h14-17H,5-13H2,1-4H3. The minimum absolute atomic E-state index is 0.660. The maximum atomic E-state index is 3.64. The van der Waals surface area contributed by atoms with Gasteiger partial charge < -0.3 is 5.32 Å². The monoisotopic (exact) mass is 254 g/mol. The average Bonchev–Trinajstić information content (AvgIpc) is 2.61. The van der Waals surface area contributed by atoms with Gasteiger partial charge in [-0.15, -0.1) is 0 Å². The van der Waals surface area contributed by atoms with Crippen LogP contribution in [0.3, 0.4) is 0 Å². The summed E-state index contributed by atoms with van der Waals surface area (Å²) in [5, 5.41) is 3.64. The number of rotatable bonds is 7. The van der Waals surface area contributed by atoms with E-state index in [9.17, 15) is 0 Å². The van der Waals surface area contributed by atoms with Crippen LogP contribution < -0.4 is 5.32 Å². The Morgan fingerprint density at radius 1 is 1.17 bits per heavy atom. The fourth-order valence-electron chi connectivity index (χ4n) is 2.97. The molecule has 3 atom stereocenters. The predicted octanol–water partition coefficient (Wildman–Crippen LogP) is 3.67. The molecule has 1 heterocycles. The van der Waals surface area contributed by atoms with E-state index in [0.717, 1.165) is 12.5 Å². The van der Waals surface area contributed by atoms with Crippen molar-refractivity contribution in [1.29, 1.82) is 0 Å². The Labute approximate surface area is 115 Å². The van der Waals surface area contributed by atoms with Crippen LogP contribution in [0.5, 0.6) is 0 Å². The van der Waals surface area contributed by atoms with Crippen LogP contribution in [0.15, 0.2) is 0 Å². The van der Waals surface area contributed by atoms with Gasteiger partial charge in [0, 0.05) is 18.6 Å². The van der Waals surface area contributed by atoms with Gasteiger partial charge in [-0.3, -0.25) is 4.90 Å². The molecule has 108 valence electrons. The third-order valence-electron chi connectivity index (χ3n) is 4.58. The number of hydrogen-bond acceptors (Lipinski definition) is 2. The van der Waals surface area contributed by atoms with E-state index >= 15 is 0 Å². The molecular weight excluding hydrogens is 220 g/mol. The number of likely N-dealkylation sites (tertiary alicyclic amines) is 1. The van der Waals surface area contributed by atoms with Gasteiger partial charge in [-0.2, -0.15) is 0 Å². The van der Waals surface area contributed by atoms with Crippen LogP contribution in [0, 0.1) is 5.92 Å². The van der Waals surface area contributed by atoms with E-state index in [-0.39, 0.29) is 0 Å². The Bertz CT molecular complexity index is 205. The minimum atomic E-state index is 0.660. The molecule has 0 aromatic heterocycles. The van der Waals surface area contributed by atoms with E-state index in [1.165, 1.54) is 51.6 Å². The van der Waals surface area contributed by atoms with Crippen molar-refractivity contribution in [3.8, 4) is 0 Å². The first-order valence-electron chi connectivity index (χ1n) is 8.14. The summed E-state index contributed by atoms with van der Waals surface area (Å²) in [4.78, 5) is 2.70. The van der Waals surface area contributed by atoms with Gasteiger partial charge >= 0.3 is 0 Å². The summed E-state index contributed by atoms with van der Waals surface area (Å²) in [6.45, 7) is 13.0. The molecule has 0 aliphatic carbocycles. The summed E-state index contributed by atoms with van der Waals surface area (Å²) in [7, 11) is 0. The molecule has 1 N–H and O–H groups in total. The van der Waals surface area contributed by atoms with Gasteiger partial charge in [-0.25, -0.2) is 0 Å². The van der Waals surface area contributed by atoms with Crippen LogP contribution in [-0.4, -0.2) is 36.6 Å². The van der Waals surface area contributed by atoms with Crippen molar-refractivity contribution in [2.24, 2.45) is 5.92 Å². The molecular formula is C16H34N2. The number of hydrogen-bond donors (Lipinski definition) is 1. The molecule has 1 rings (SSSR count). The van der Waals surface area contributed by atoms with Crippen LogP contribution in [0.2, 0.25) is 0 Å². The van der Waals surface area contributed by atoms with Gasteiger partial charge in [0.25, 0.3) is 0 Å². The van der Waals surface area contributed by atoms with Crippen LogP contribution in [0.25, 0.3) is 0 Å². The molecule has 1 saturated heterocycles. The van der Waals surface area contributed by atoms with Crippen molar-refractivity contribution in [3.05, 3.63) is 0 Å². The van der Waals surface area contributed by atoms with E-state index < -0.39 is 0 Å². The summed E-state index contributed by atoms with van der Waals surface area (Å²) < 4.78 is 0. The fraction of sp³-hybridized carbons (Fsp3) is 1.00. The van der Waals surface area contributed by atoms with Gasteiger partial charge in [0.05, 0.1) is 0 Å². The largest absolute Gasteiger partial charge is 0.313 e. The maximum Gasteiger partial charge on any atom is 0.0192 e. The first-order valence-corrected chi connectivity index (χ1v) is 8.14. The smallest absolute Gasteiger partial charge is 0.0192 e. The fourth-order valence-corrected chi connectivity index (χ4v) is 2.97. The topological polar surface area (TPSA) is 15.3 Å². The zero-order valence-corrected chi connectivity index (χ0v) is 13.0. The molecule has 0 aromatic carbocycles. The Morgan fingerprint density at radius 3 is 2.61 bits per heavy atom. The third-order valence-corrected chi connectivity index (χ3v) is 4.58. The summed E-state index contributed by atoms with van der Waals surface area (Å²) >= 11 is 0. The van der Waals surface area contributed by atoms with Crippen molar-refractivity contribution >= 4 is 0 Å². The second-order valence-electron chi connectivity index (χ2n) is 6.19. The molecule has 2 heteroatoms. The Kier molecular flexibility index (Phi) is 7.92. The highest BCUT2D eigenvalue weighted by Gasteiger charge is 2.20. The van der Waals surface area contributed by atoms with Crippen molar-refractivity contribution in [3.63, 3.8) is 0 Å². The molecule has 1 aliphatic rings. The summed E-state index contributed by atoms with van der Waals surface area (Å²) in [5.74, 6) is 0.995. The Hall–Kier alpha value is -0.0800. The van der Waals surface area contributed by atoms with Crippen LogP contribution in [-0.2, 0) is 0 Å². The van der Waals surface area contributed by atoms with E-state index in [2.05, 4.69) is 37.9 Å². The van der Waals surface area contributed by atoms with Gasteiger partial charge in [0.2, 0.25) is 0 Å². The highest BCUT2D eigenvalue weighted by atomic mass is 15.2. The van der Waals surface area contributed by atoms with E-state index in [1.54, 1.807) is 0 Å². The summed E-state index contributed by atoms with van der Waals surface area (Å²) in [6, 6.07) is 1.35. The Morgan fingerprint density at radius 2 is 1.94 bits per heavy atom. The molecule has 0 bridgehead atoms. The number of nitrogens with one attached hydrogen (secondary N) is 1. The van der Waals surface area contributed by atoms with Crippen molar-refractivity contribution in [1.82, 2.24) is 10.2 Å². The summed E-state index contributed by atoms with van der Waals surface area (Å²) in [6.07, 6.45) is 8.30. The Balaban J connectivity index is 2.28. The van der Waals surface area contributed by atoms with Gasteiger partial charge in [-0.05, 0) is 58.5 Å². The van der Waals surface area contributed by atoms with Gasteiger partial charge in [-0.1, -0.05) is 26.7 Å². The SMILES string of the molecule is CCCC1CCCN(C(C)CNC(C)CC)CC1. The third kappa shape index (κ3) is 5.71. The minimum Gasteiger partial charge on any atom is -0.313 e. The van der Waals surface area contributed by atoms with E-state index in [4.69, 9.17) is 0 Å². The lowest BCUT2D eigenvalue weighted by molar-refractivity contribution is 0.205. The first kappa shape index (κ1) is 16.0. The predicted molar refractivity (Wildman–Crippen MR) is 81.0 cm³/mol. The zero-order chi connectivity index (χ0) is 13.4. The molecule has 0 amide bonds. The molecule has 2 nitrogen and oxygen atoms in total. The average molecular weight is 254 g/mol.